The first kappa shape index (κ1) is 16.8. The highest BCUT2D eigenvalue weighted by Gasteiger charge is 2.36. The van der Waals surface area contributed by atoms with E-state index in [1.54, 1.807) is 12.4 Å². The first-order valence-corrected chi connectivity index (χ1v) is 9.84. The van der Waals surface area contributed by atoms with Crippen molar-refractivity contribution in [2.24, 2.45) is 5.92 Å². The van der Waals surface area contributed by atoms with Crippen LogP contribution in [0.2, 0.25) is 0 Å². The van der Waals surface area contributed by atoms with Gasteiger partial charge in [0.2, 0.25) is 5.91 Å². The van der Waals surface area contributed by atoms with Gasteiger partial charge in [-0.05, 0) is 31.6 Å². The van der Waals surface area contributed by atoms with E-state index in [-0.39, 0.29) is 0 Å². The number of carbonyl (C=O) groups excluding carboxylic acids is 1. The fourth-order valence-corrected chi connectivity index (χ4v) is 4.81. The van der Waals surface area contributed by atoms with Crippen molar-refractivity contribution in [3.05, 3.63) is 18.6 Å². The minimum absolute atomic E-state index is 0.351. The quantitative estimate of drug-likeness (QED) is 0.837. The lowest BCUT2D eigenvalue weighted by Gasteiger charge is -2.45. The van der Waals surface area contributed by atoms with Gasteiger partial charge >= 0.3 is 0 Å². The monoisotopic (exact) mass is 343 g/mol. The normalized spacial score (nSPS) is 27.8. The molecule has 136 valence electrons. The minimum atomic E-state index is 0.351. The molecule has 1 aliphatic carbocycles. The fourth-order valence-electron chi connectivity index (χ4n) is 4.81. The van der Waals surface area contributed by atoms with Gasteiger partial charge in [-0.3, -0.25) is 14.7 Å². The van der Waals surface area contributed by atoms with E-state index in [1.165, 1.54) is 38.5 Å². The maximum atomic E-state index is 12.9. The largest absolute Gasteiger partial charge is 0.353 e. The summed E-state index contributed by atoms with van der Waals surface area (Å²) >= 11 is 0. The van der Waals surface area contributed by atoms with E-state index in [2.05, 4.69) is 24.7 Å². The predicted octanol–water partition coefficient (Wildman–Crippen LogP) is 1.78. The van der Waals surface area contributed by atoms with Crippen LogP contribution in [0.4, 0.5) is 5.82 Å². The van der Waals surface area contributed by atoms with Crippen LogP contribution in [-0.4, -0.2) is 71.0 Å². The number of hydrogen-bond donors (Lipinski definition) is 0. The van der Waals surface area contributed by atoms with Crippen molar-refractivity contribution in [3.63, 3.8) is 0 Å². The second-order valence-electron chi connectivity index (χ2n) is 7.67. The third kappa shape index (κ3) is 3.78. The zero-order valence-corrected chi connectivity index (χ0v) is 15.0. The fraction of sp³-hybridized carbons (Fsp3) is 0.737. The summed E-state index contributed by atoms with van der Waals surface area (Å²) in [6.45, 7) is 5.22. The van der Waals surface area contributed by atoms with Gasteiger partial charge in [0.05, 0.1) is 12.7 Å². The molecule has 4 rings (SSSR count). The average Bonchev–Trinajstić information content (AvgIpc) is 2.69. The second kappa shape index (κ2) is 7.68. The number of piperazine rings is 1. The summed E-state index contributed by atoms with van der Waals surface area (Å²) in [6.07, 6.45) is 13.0. The zero-order chi connectivity index (χ0) is 17.1. The van der Waals surface area contributed by atoms with Crippen LogP contribution in [0.5, 0.6) is 0 Å². The molecule has 3 aliphatic rings. The zero-order valence-electron chi connectivity index (χ0n) is 15.0. The van der Waals surface area contributed by atoms with Crippen LogP contribution in [0.25, 0.3) is 0 Å². The van der Waals surface area contributed by atoms with E-state index in [1.807, 2.05) is 6.20 Å². The van der Waals surface area contributed by atoms with Crippen LogP contribution in [0.1, 0.15) is 38.5 Å². The Kier molecular flexibility index (Phi) is 5.15. The van der Waals surface area contributed by atoms with Gasteiger partial charge in [0.15, 0.2) is 0 Å². The number of rotatable bonds is 3. The Morgan fingerprint density at radius 3 is 2.60 bits per heavy atom. The van der Waals surface area contributed by atoms with Crippen molar-refractivity contribution in [1.29, 1.82) is 0 Å². The van der Waals surface area contributed by atoms with E-state index >= 15 is 0 Å². The first-order valence-electron chi connectivity index (χ1n) is 9.84. The molecule has 1 aromatic rings. The molecule has 6 heteroatoms. The highest BCUT2D eigenvalue weighted by molar-refractivity contribution is 5.78. The Morgan fingerprint density at radius 2 is 1.80 bits per heavy atom. The number of amides is 1. The van der Waals surface area contributed by atoms with Crippen molar-refractivity contribution >= 4 is 11.7 Å². The van der Waals surface area contributed by atoms with Crippen LogP contribution in [-0.2, 0) is 4.79 Å². The molecule has 0 N–H and O–H groups in total. The van der Waals surface area contributed by atoms with Gasteiger partial charge in [-0.1, -0.05) is 12.8 Å². The molecular formula is C19H29N5O. The molecule has 1 saturated carbocycles. The molecular weight excluding hydrogens is 314 g/mol. The Hall–Kier alpha value is -1.69. The number of nitrogens with zero attached hydrogens (tertiary/aromatic N) is 5. The van der Waals surface area contributed by atoms with Crippen LogP contribution in [0.3, 0.4) is 0 Å². The highest BCUT2D eigenvalue weighted by atomic mass is 16.2. The molecule has 2 aliphatic heterocycles. The molecule has 3 heterocycles. The smallest absolute Gasteiger partial charge is 0.237 e. The minimum Gasteiger partial charge on any atom is -0.353 e. The van der Waals surface area contributed by atoms with E-state index in [0.717, 1.165) is 44.5 Å². The number of aromatic nitrogens is 2. The Balaban J connectivity index is 1.30. The molecule has 1 aromatic heterocycles. The molecule has 2 saturated heterocycles. The molecule has 6 nitrogen and oxygen atoms in total. The number of anilines is 1. The Bertz CT molecular complexity index is 570. The van der Waals surface area contributed by atoms with Gasteiger partial charge in [0, 0.05) is 51.2 Å². The lowest BCUT2D eigenvalue weighted by Crippen LogP contribution is -2.55. The van der Waals surface area contributed by atoms with Crippen molar-refractivity contribution in [2.75, 3.05) is 44.2 Å². The van der Waals surface area contributed by atoms with Gasteiger partial charge in [-0.25, -0.2) is 4.98 Å². The van der Waals surface area contributed by atoms with Gasteiger partial charge < -0.3 is 9.80 Å². The Labute approximate surface area is 150 Å². The van der Waals surface area contributed by atoms with Crippen molar-refractivity contribution in [1.82, 2.24) is 19.8 Å². The van der Waals surface area contributed by atoms with E-state index in [9.17, 15) is 4.79 Å². The summed E-state index contributed by atoms with van der Waals surface area (Å²) in [5.41, 5.74) is 0. The number of likely N-dealkylation sites (tertiary alicyclic amines) is 1. The number of fused-ring (bicyclic) bond motifs is 1. The molecule has 0 radical (unpaired) electrons. The molecule has 1 amide bonds. The van der Waals surface area contributed by atoms with Gasteiger partial charge in [-0.2, -0.15) is 0 Å². The topological polar surface area (TPSA) is 52.6 Å². The van der Waals surface area contributed by atoms with Crippen LogP contribution >= 0.6 is 0 Å². The highest BCUT2D eigenvalue weighted by Crippen LogP contribution is 2.35. The molecule has 0 spiro atoms. The van der Waals surface area contributed by atoms with Crippen LogP contribution in [0.15, 0.2) is 18.6 Å². The average molecular weight is 343 g/mol. The van der Waals surface area contributed by atoms with E-state index in [0.29, 0.717) is 18.5 Å². The third-order valence-electron chi connectivity index (χ3n) is 6.17. The van der Waals surface area contributed by atoms with Crippen LogP contribution in [0, 0.1) is 5.92 Å². The summed E-state index contributed by atoms with van der Waals surface area (Å²) < 4.78 is 0. The number of carbonyl (C=O) groups is 1. The Morgan fingerprint density at radius 1 is 1.00 bits per heavy atom. The standard InChI is InChI=1S/C19H29N5O/c25-19(24-9-3-5-16-4-1-2-6-17(16)24)15-22-10-12-23(13-11-22)18-14-20-7-8-21-18/h7-8,14,16-17H,1-6,9-13,15H2/t16-,17+/m0/s1. The molecule has 0 unspecified atom stereocenters. The summed E-state index contributed by atoms with van der Waals surface area (Å²) in [6, 6.07) is 0.524. The van der Waals surface area contributed by atoms with Crippen molar-refractivity contribution < 1.29 is 4.79 Å². The molecule has 2 atom stereocenters. The molecule has 0 aromatic carbocycles. The van der Waals surface area contributed by atoms with Gasteiger partial charge in [0.1, 0.15) is 5.82 Å². The second-order valence-corrected chi connectivity index (χ2v) is 7.67. The van der Waals surface area contributed by atoms with Crippen molar-refractivity contribution in [2.45, 2.75) is 44.6 Å². The molecule has 25 heavy (non-hydrogen) atoms. The summed E-state index contributed by atoms with van der Waals surface area (Å²) in [5, 5.41) is 0. The van der Waals surface area contributed by atoms with E-state index < -0.39 is 0 Å². The summed E-state index contributed by atoms with van der Waals surface area (Å²) in [7, 11) is 0. The summed E-state index contributed by atoms with van der Waals surface area (Å²) in [4.78, 5) is 28.2. The van der Waals surface area contributed by atoms with E-state index in [4.69, 9.17) is 0 Å². The predicted molar refractivity (Wildman–Crippen MR) is 97.4 cm³/mol. The third-order valence-corrected chi connectivity index (χ3v) is 6.17. The maximum absolute atomic E-state index is 12.9. The van der Waals surface area contributed by atoms with Gasteiger partial charge in [0.25, 0.3) is 0 Å². The first-order chi connectivity index (χ1) is 12.3. The van der Waals surface area contributed by atoms with Crippen LogP contribution < -0.4 is 4.90 Å². The SMILES string of the molecule is O=C(CN1CCN(c2cnccn2)CC1)N1CCC[C@@H]2CCCC[C@H]21. The summed E-state index contributed by atoms with van der Waals surface area (Å²) in [5.74, 6) is 2.05. The lowest BCUT2D eigenvalue weighted by molar-refractivity contribution is -0.138. The molecule has 0 bridgehead atoms. The maximum Gasteiger partial charge on any atom is 0.237 e. The lowest BCUT2D eigenvalue weighted by atomic mass is 9.78. The number of piperidine rings is 1. The van der Waals surface area contributed by atoms with Crippen molar-refractivity contribution in [3.8, 4) is 0 Å². The number of hydrogen-bond acceptors (Lipinski definition) is 5. The van der Waals surface area contributed by atoms with Gasteiger partial charge in [-0.15, -0.1) is 0 Å². The molecule has 3 fully saturated rings.